The van der Waals surface area contributed by atoms with Crippen LogP contribution in [-0.4, -0.2) is 50.2 Å². The Bertz CT molecular complexity index is 815. The molecule has 5 nitrogen and oxygen atoms in total. The molecule has 1 aromatic rings. The summed E-state index contributed by atoms with van der Waals surface area (Å²) in [4.78, 5) is 15.7. The molecule has 26 heavy (non-hydrogen) atoms. The molecule has 0 spiro atoms. The third-order valence-electron chi connectivity index (χ3n) is 6.63. The minimum atomic E-state index is -3.72. The average Bonchev–Trinajstić information content (AvgIpc) is 3.32. The van der Waals surface area contributed by atoms with Gasteiger partial charge in [-0.25, -0.2) is 8.42 Å². The summed E-state index contributed by atoms with van der Waals surface area (Å²) in [5.41, 5.74) is 1.65. The Morgan fingerprint density at radius 2 is 1.73 bits per heavy atom. The van der Waals surface area contributed by atoms with Gasteiger partial charge in [-0.05, 0) is 55.7 Å². The number of benzene rings is 1. The predicted octanol–water partition coefficient (Wildman–Crippen LogP) is 2.07. The zero-order valence-electron chi connectivity index (χ0n) is 15.6. The number of nitrogens with one attached hydrogen (secondary N) is 1. The molecule has 0 unspecified atom stereocenters. The molecule has 2 aliphatic heterocycles. The normalized spacial score (nSPS) is 27.7. The van der Waals surface area contributed by atoms with Crippen LogP contribution in [0.3, 0.4) is 0 Å². The molecule has 3 fully saturated rings. The minimum absolute atomic E-state index is 0.148. The van der Waals surface area contributed by atoms with Gasteiger partial charge in [0.25, 0.3) is 0 Å². The Balaban J connectivity index is 1.72. The van der Waals surface area contributed by atoms with Crippen LogP contribution in [0.25, 0.3) is 0 Å². The first-order valence-corrected chi connectivity index (χ1v) is 11.2. The van der Waals surface area contributed by atoms with Crippen molar-refractivity contribution in [3.63, 3.8) is 0 Å². The summed E-state index contributed by atoms with van der Waals surface area (Å²) in [6.07, 6.45) is 2.51. The van der Waals surface area contributed by atoms with Crippen molar-refractivity contribution >= 4 is 15.7 Å². The highest BCUT2D eigenvalue weighted by atomic mass is 32.2. The summed E-state index contributed by atoms with van der Waals surface area (Å²) in [5.74, 6) is 0.798. The molecule has 0 aromatic heterocycles. The van der Waals surface area contributed by atoms with E-state index in [2.05, 4.69) is 5.32 Å². The number of carbonyl (C=O) groups is 1. The monoisotopic (exact) mass is 376 g/mol. The number of rotatable bonds is 3. The highest BCUT2D eigenvalue weighted by molar-refractivity contribution is 7.93. The Labute approximate surface area is 156 Å². The van der Waals surface area contributed by atoms with Gasteiger partial charge >= 0.3 is 0 Å². The van der Waals surface area contributed by atoms with Gasteiger partial charge in [0.1, 0.15) is 0 Å². The van der Waals surface area contributed by atoms with Gasteiger partial charge in [-0.15, -0.1) is 0 Å². The van der Waals surface area contributed by atoms with E-state index in [-0.39, 0.29) is 5.91 Å². The number of aryl methyl sites for hydroxylation is 2. The topological polar surface area (TPSA) is 66.5 Å². The second-order valence-electron chi connectivity index (χ2n) is 8.36. The van der Waals surface area contributed by atoms with E-state index in [4.69, 9.17) is 0 Å². The summed E-state index contributed by atoms with van der Waals surface area (Å²) in [5, 5.41) is 3.38. The SMILES string of the molecule is Cc1ccc(C)c(S(=O)(=O)C2(C(=O)N3C[C@H]4CNC[C@H]4C3)CCCC2)c1. The van der Waals surface area contributed by atoms with Crippen molar-refractivity contribution in [3.8, 4) is 0 Å². The molecular formula is C20H28N2O3S. The van der Waals surface area contributed by atoms with Crippen LogP contribution in [0.5, 0.6) is 0 Å². The van der Waals surface area contributed by atoms with Gasteiger partial charge < -0.3 is 10.2 Å². The highest BCUT2D eigenvalue weighted by Gasteiger charge is 2.56. The zero-order chi connectivity index (χ0) is 18.5. The molecule has 2 saturated heterocycles. The van der Waals surface area contributed by atoms with Crippen LogP contribution in [0, 0.1) is 25.7 Å². The Morgan fingerprint density at radius 3 is 2.35 bits per heavy atom. The van der Waals surface area contributed by atoms with Crippen molar-refractivity contribution in [2.45, 2.75) is 49.2 Å². The van der Waals surface area contributed by atoms with Crippen LogP contribution >= 0.6 is 0 Å². The average molecular weight is 377 g/mol. The van der Waals surface area contributed by atoms with E-state index in [9.17, 15) is 13.2 Å². The van der Waals surface area contributed by atoms with Crippen LogP contribution in [0.15, 0.2) is 23.1 Å². The number of likely N-dealkylation sites (tertiary alicyclic amines) is 1. The molecule has 1 saturated carbocycles. The Hall–Kier alpha value is -1.40. The quantitative estimate of drug-likeness (QED) is 0.877. The van der Waals surface area contributed by atoms with Crippen LogP contribution < -0.4 is 5.32 Å². The van der Waals surface area contributed by atoms with Gasteiger partial charge in [0.15, 0.2) is 14.6 Å². The van der Waals surface area contributed by atoms with E-state index in [0.29, 0.717) is 42.7 Å². The van der Waals surface area contributed by atoms with Gasteiger partial charge in [-0.2, -0.15) is 0 Å². The number of fused-ring (bicyclic) bond motifs is 1. The van der Waals surface area contributed by atoms with Gasteiger partial charge in [0.2, 0.25) is 5.91 Å². The number of carbonyl (C=O) groups excluding carboxylic acids is 1. The summed E-state index contributed by atoms with van der Waals surface area (Å²) >= 11 is 0. The van der Waals surface area contributed by atoms with Crippen molar-refractivity contribution in [3.05, 3.63) is 29.3 Å². The molecule has 2 heterocycles. The van der Waals surface area contributed by atoms with Crippen molar-refractivity contribution in [2.75, 3.05) is 26.2 Å². The number of sulfone groups is 1. The smallest absolute Gasteiger partial charge is 0.244 e. The molecule has 1 aliphatic carbocycles. The maximum atomic E-state index is 13.7. The van der Waals surface area contributed by atoms with Gasteiger partial charge in [0, 0.05) is 26.2 Å². The van der Waals surface area contributed by atoms with Crippen molar-refractivity contribution in [2.24, 2.45) is 11.8 Å². The number of hydrogen-bond donors (Lipinski definition) is 1. The summed E-state index contributed by atoms with van der Waals surface area (Å²) in [7, 11) is -3.72. The van der Waals surface area contributed by atoms with E-state index in [1.54, 1.807) is 6.07 Å². The number of nitrogens with zero attached hydrogens (tertiary/aromatic N) is 1. The minimum Gasteiger partial charge on any atom is -0.341 e. The Kier molecular flexibility index (Phi) is 4.39. The van der Waals surface area contributed by atoms with E-state index in [1.807, 2.05) is 30.9 Å². The molecule has 1 N–H and O–H groups in total. The fraction of sp³-hybridized carbons (Fsp3) is 0.650. The molecule has 3 aliphatic rings. The fourth-order valence-corrected chi connectivity index (χ4v) is 7.50. The molecule has 142 valence electrons. The van der Waals surface area contributed by atoms with Crippen molar-refractivity contribution < 1.29 is 13.2 Å². The largest absolute Gasteiger partial charge is 0.341 e. The Morgan fingerprint density at radius 1 is 1.12 bits per heavy atom. The lowest BCUT2D eigenvalue weighted by atomic mass is 10.0. The lowest BCUT2D eigenvalue weighted by molar-refractivity contribution is -0.133. The van der Waals surface area contributed by atoms with Crippen LogP contribution in [0.4, 0.5) is 0 Å². The van der Waals surface area contributed by atoms with Crippen LogP contribution in [-0.2, 0) is 14.6 Å². The first-order chi connectivity index (χ1) is 12.3. The first-order valence-electron chi connectivity index (χ1n) is 9.67. The molecule has 1 aromatic carbocycles. The molecule has 6 heteroatoms. The second-order valence-corrected chi connectivity index (χ2v) is 10.6. The number of amides is 1. The maximum absolute atomic E-state index is 13.7. The molecule has 1 amide bonds. The van der Waals surface area contributed by atoms with Gasteiger partial charge in [-0.3, -0.25) is 4.79 Å². The maximum Gasteiger partial charge on any atom is 0.244 e. The third-order valence-corrected chi connectivity index (χ3v) is 9.26. The second kappa shape index (κ2) is 6.34. The first kappa shape index (κ1) is 18.0. The molecule has 4 rings (SSSR count). The molecule has 2 atom stereocenters. The van der Waals surface area contributed by atoms with Crippen LogP contribution in [0.1, 0.15) is 36.8 Å². The lowest BCUT2D eigenvalue weighted by Gasteiger charge is -2.33. The summed E-state index contributed by atoms with van der Waals surface area (Å²) < 4.78 is 26.2. The molecular weight excluding hydrogens is 348 g/mol. The van der Waals surface area contributed by atoms with E-state index >= 15 is 0 Å². The van der Waals surface area contributed by atoms with Gasteiger partial charge in [0.05, 0.1) is 4.90 Å². The van der Waals surface area contributed by atoms with Crippen LogP contribution in [0.2, 0.25) is 0 Å². The molecule has 0 bridgehead atoms. The van der Waals surface area contributed by atoms with Crippen molar-refractivity contribution in [1.29, 1.82) is 0 Å². The standard InChI is InChI=1S/C20H28N2O3S/c1-14-5-6-15(2)18(9-14)26(24,25)20(7-3-4-8-20)19(23)22-12-16-10-21-11-17(16)13-22/h5-6,9,16-17,21H,3-4,7-8,10-13H2,1-2H3/t16-,17+. The number of hydrogen-bond acceptors (Lipinski definition) is 4. The van der Waals surface area contributed by atoms with E-state index < -0.39 is 14.6 Å². The van der Waals surface area contributed by atoms with E-state index in [0.717, 1.165) is 37.1 Å². The third kappa shape index (κ3) is 2.61. The lowest BCUT2D eigenvalue weighted by Crippen LogP contribution is -2.52. The van der Waals surface area contributed by atoms with Crippen molar-refractivity contribution in [1.82, 2.24) is 10.2 Å². The zero-order valence-corrected chi connectivity index (χ0v) is 16.4. The van der Waals surface area contributed by atoms with E-state index in [1.165, 1.54) is 0 Å². The highest BCUT2D eigenvalue weighted by Crippen LogP contribution is 2.44. The fourth-order valence-electron chi connectivity index (χ4n) is 5.06. The predicted molar refractivity (Wildman–Crippen MR) is 101 cm³/mol. The van der Waals surface area contributed by atoms with Gasteiger partial charge in [-0.1, -0.05) is 25.0 Å². The summed E-state index contributed by atoms with van der Waals surface area (Å²) in [6, 6.07) is 5.51. The molecule has 0 radical (unpaired) electrons. The summed E-state index contributed by atoms with van der Waals surface area (Å²) in [6.45, 7) is 6.99.